The highest BCUT2D eigenvalue weighted by atomic mass is 32.1. The highest BCUT2D eigenvalue weighted by Crippen LogP contribution is 2.42. The van der Waals surface area contributed by atoms with Gasteiger partial charge in [-0.3, -0.25) is 9.78 Å². The monoisotopic (exact) mass is 435 g/mol. The van der Waals surface area contributed by atoms with Crippen LogP contribution in [0, 0.1) is 6.92 Å². The van der Waals surface area contributed by atoms with Gasteiger partial charge in [0.15, 0.2) is 5.11 Å². The number of pyridine rings is 1. The van der Waals surface area contributed by atoms with Crippen LogP contribution < -0.4 is 20.3 Å². The summed E-state index contributed by atoms with van der Waals surface area (Å²) in [7, 11) is 1.59. The maximum Gasteiger partial charge on any atom is 0.224 e. The van der Waals surface area contributed by atoms with E-state index in [1.54, 1.807) is 13.3 Å². The van der Waals surface area contributed by atoms with E-state index in [-0.39, 0.29) is 18.0 Å². The summed E-state index contributed by atoms with van der Waals surface area (Å²) in [6.45, 7) is 3.84. The topological polar surface area (TPSA) is 82.3 Å². The molecule has 0 saturated carbocycles. The first-order valence-electron chi connectivity index (χ1n) is 10.2. The van der Waals surface area contributed by atoms with Crippen LogP contribution in [-0.4, -0.2) is 28.1 Å². The molecule has 2 unspecified atom stereocenters. The van der Waals surface area contributed by atoms with Crippen molar-refractivity contribution in [1.29, 1.82) is 0 Å². The molecule has 0 radical (unpaired) electrons. The molecule has 3 aromatic rings. The number of hydrogen-bond donors (Lipinski definition) is 3. The van der Waals surface area contributed by atoms with Crippen molar-refractivity contribution in [3.05, 3.63) is 71.8 Å². The van der Waals surface area contributed by atoms with E-state index in [4.69, 9.17) is 17.0 Å². The second-order valence-electron chi connectivity index (χ2n) is 7.38. The maximum atomic E-state index is 11.9. The molecule has 1 aliphatic heterocycles. The minimum Gasteiger partial charge on any atom is -0.494 e. The van der Waals surface area contributed by atoms with E-state index >= 15 is 0 Å². The Bertz CT molecular complexity index is 1100. The Morgan fingerprint density at radius 2 is 2.10 bits per heavy atom. The fourth-order valence-electron chi connectivity index (χ4n) is 3.82. The number of hydrogen-bond acceptors (Lipinski definition) is 4. The van der Waals surface area contributed by atoms with Gasteiger partial charge in [-0.2, -0.15) is 0 Å². The number of amides is 1. The van der Waals surface area contributed by atoms with Crippen molar-refractivity contribution in [2.24, 2.45) is 0 Å². The first-order valence-corrected chi connectivity index (χ1v) is 10.6. The highest BCUT2D eigenvalue weighted by molar-refractivity contribution is 7.80. The van der Waals surface area contributed by atoms with Gasteiger partial charge in [-0.25, -0.2) is 0 Å². The van der Waals surface area contributed by atoms with E-state index in [2.05, 4.69) is 31.6 Å². The zero-order valence-electron chi connectivity index (χ0n) is 17.7. The second-order valence-corrected chi connectivity index (χ2v) is 7.77. The van der Waals surface area contributed by atoms with E-state index in [0.29, 0.717) is 23.0 Å². The van der Waals surface area contributed by atoms with E-state index in [9.17, 15) is 4.79 Å². The molecule has 1 aliphatic rings. The van der Waals surface area contributed by atoms with Crippen LogP contribution in [0.1, 0.15) is 42.5 Å². The molecule has 1 fully saturated rings. The van der Waals surface area contributed by atoms with Crippen LogP contribution in [0.4, 0.5) is 11.4 Å². The normalized spacial score (nSPS) is 18.0. The van der Waals surface area contributed by atoms with Gasteiger partial charge in [0.05, 0.1) is 24.5 Å². The van der Waals surface area contributed by atoms with Crippen molar-refractivity contribution >= 4 is 34.6 Å². The third-order valence-electron chi connectivity index (χ3n) is 5.33. The van der Waals surface area contributed by atoms with Crippen LogP contribution in [0.15, 0.2) is 54.7 Å². The minimum atomic E-state index is -0.128. The molecule has 0 spiro atoms. The van der Waals surface area contributed by atoms with Crippen LogP contribution in [0.2, 0.25) is 0 Å². The average molecular weight is 436 g/mol. The Morgan fingerprint density at radius 3 is 2.74 bits per heavy atom. The molecule has 2 atom stereocenters. The Balaban J connectivity index is 1.76. The van der Waals surface area contributed by atoms with Crippen LogP contribution in [0.5, 0.6) is 5.75 Å². The number of anilines is 2. The van der Waals surface area contributed by atoms with Gasteiger partial charge in [0, 0.05) is 35.8 Å². The Kier molecular flexibility index (Phi) is 5.90. The van der Waals surface area contributed by atoms with Crippen molar-refractivity contribution in [3.8, 4) is 5.75 Å². The maximum absolute atomic E-state index is 11.9. The second kappa shape index (κ2) is 8.77. The van der Waals surface area contributed by atoms with Gasteiger partial charge in [-0.15, -0.1) is 0 Å². The summed E-state index contributed by atoms with van der Waals surface area (Å²) in [6, 6.07) is 15.4. The van der Waals surface area contributed by atoms with Crippen molar-refractivity contribution in [3.63, 3.8) is 0 Å². The van der Waals surface area contributed by atoms with Gasteiger partial charge in [0.25, 0.3) is 0 Å². The lowest BCUT2D eigenvalue weighted by atomic mass is 10.0. The number of nitrogens with one attached hydrogen (secondary N) is 3. The molecule has 7 nitrogen and oxygen atoms in total. The molecule has 0 aliphatic carbocycles. The number of aromatic nitrogens is 2. The molecule has 3 heterocycles. The molecule has 3 N–H and O–H groups in total. The first kappa shape index (κ1) is 20.9. The molecular weight excluding hydrogens is 410 g/mol. The predicted octanol–water partition coefficient (Wildman–Crippen LogP) is 4.25. The number of aromatic amines is 1. The third-order valence-corrected chi connectivity index (χ3v) is 5.64. The van der Waals surface area contributed by atoms with Gasteiger partial charge in [0.1, 0.15) is 11.8 Å². The number of carbonyl (C=O) groups is 1. The minimum absolute atomic E-state index is 0.0700. The smallest absolute Gasteiger partial charge is 0.224 e. The predicted molar refractivity (Wildman–Crippen MR) is 125 cm³/mol. The molecule has 2 aromatic heterocycles. The number of thiocarbonyl (C=S) groups is 1. The summed E-state index contributed by atoms with van der Waals surface area (Å²) < 4.78 is 5.56. The lowest BCUT2D eigenvalue weighted by Crippen LogP contribution is -2.29. The fraction of sp³-hybridized carbons (Fsp3) is 0.261. The number of rotatable bonds is 6. The van der Waals surface area contributed by atoms with Crippen molar-refractivity contribution in [1.82, 2.24) is 15.3 Å². The van der Waals surface area contributed by atoms with Gasteiger partial charge >= 0.3 is 0 Å². The summed E-state index contributed by atoms with van der Waals surface area (Å²) in [6.07, 6.45) is 2.18. The summed E-state index contributed by atoms with van der Waals surface area (Å²) in [4.78, 5) is 21.9. The number of benzene rings is 1. The van der Waals surface area contributed by atoms with Crippen LogP contribution >= 0.6 is 12.2 Å². The third kappa shape index (κ3) is 4.11. The summed E-state index contributed by atoms with van der Waals surface area (Å²) in [5, 5.41) is 6.91. The number of nitrogens with zero attached hydrogens (tertiary/aromatic N) is 2. The fourth-order valence-corrected chi connectivity index (χ4v) is 4.16. The Labute approximate surface area is 186 Å². The molecule has 1 aromatic carbocycles. The van der Waals surface area contributed by atoms with Gasteiger partial charge in [-0.05, 0) is 55.5 Å². The first-order chi connectivity index (χ1) is 15.0. The molecule has 1 amide bonds. The number of ether oxygens (including phenoxy) is 1. The molecule has 1 saturated heterocycles. The number of aryl methyl sites for hydroxylation is 1. The van der Waals surface area contributed by atoms with Gasteiger partial charge in [-0.1, -0.05) is 13.0 Å². The summed E-state index contributed by atoms with van der Waals surface area (Å²) in [5.74, 6) is 0.504. The van der Waals surface area contributed by atoms with Crippen molar-refractivity contribution < 1.29 is 9.53 Å². The van der Waals surface area contributed by atoms with E-state index in [1.807, 2.05) is 56.3 Å². The standard InChI is InChI=1S/C23H25N5O2S/c1-4-20(29)26-16-11-9-15(13-19(16)30-3)28-22(18-10-8-14(2)25-18)21(27-23(28)31)17-7-5-6-12-24-17/h5-13,21-22,25H,4H2,1-3H3,(H,26,29)(H,27,31). The van der Waals surface area contributed by atoms with Gasteiger partial charge < -0.3 is 25.3 Å². The number of methoxy groups -OCH3 is 1. The van der Waals surface area contributed by atoms with E-state index in [1.165, 1.54) is 0 Å². The largest absolute Gasteiger partial charge is 0.494 e. The Hall–Kier alpha value is -3.39. The van der Waals surface area contributed by atoms with E-state index in [0.717, 1.165) is 22.8 Å². The quantitative estimate of drug-likeness (QED) is 0.502. The lowest BCUT2D eigenvalue weighted by Gasteiger charge is -2.27. The molecule has 0 bridgehead atoms. The molecule has 31 heavy (non-hydrogen) atoms. The SMILES string of the molecule is CCC(=O)Nc1ccc(N2C(=S)NC(c3ccccn3)C2c2ccc(C)[nH]2)cc1OC. The zero-order valence-corrected chi connectivity index (χ0v) is 18.5. The number of H-pyrrole nitrogens is 1. The van der Waals surface area contributed by atoms with Gasteiger partial charge in [0.2, 0.25) is 5.91 Å². The molecule has 4 rings (SSSR count). The molecule has 8 heteroatoms. The zero-order chi connectivity index (χ0) is 22.0. The van der Waals surface area contributed by atoms with Crippen LogP contribution in [0.3, 0.4) is 0 Å². The van der Waals surface area contributed by atoms with Crippen molar-refractivity contribution in [2.45, 2.75) is 32.4 Å². The lowest BCUT2D eigenvalue weighted by molar-refractivity contribution is -0.115. The number of carbonyl (C=O) groups excluding carboxylic acids is 1. The summed E-state index contributed by atoms with van der Waals surface area (Å²) >= 11 is 5.75. The molecule has 160 valence electrons. The van der Waals surface area contributed by atoms with Crippen molar-refractivity contribution in [2.75, 3.05) is 17.3 Å². The average Bonchev–Trinajstić information content (AvgIpc) is 3.37. The Morgan fingerprint density at radius 1 is 1.26 bits per heavy atom. The van der Waals surface area contributed by atoms with E-state index < -0.39 is 0 Å². The highest BCUT2D eigenvalue weighted by Gasteiger charge is 2.41. The van der Waals surface area contributed by atoms with Crippen LogP contribution in [0.25, 0.3) is 0 Å². The molecular formula is C23H25N5O2S. The van der Waals surface area contributed by atoms with Crippen LogP contribution in [-0.2, 0) is 4.79 Å². The summed E-state index contributed by atoms with van der Waals surface area (Å²) in [5.41, 5.74) is 4.50.